The minimum absolute atomic E-state index is 0.0852. The van der Waals surface area contributed by atoms with Crippen LogP contribution in [-0.2, 0) is 9.53 Å². The Hall–Kier alpha value is -1.63. The summed E-state index contributed by atoms with van der Waals surface area (Å²) in [6.07, 6.45) is 0. The second-order valence-electron chi connectivity index (χ2n) is 2.94. The van der Waals surface area contributed by atoms with Crippen LogP contribution in [0, 0.1) is 15.9 Å². The number of hydrogen-bond acceptors (Lipinski definition) is 5. The lowest BCUT2D eigenvalue weighted by Gasteiger charge is -2.03. The van der Waals surface area contributed by atoms with Crippen LogP contribution in [-0.4, -0.2) is 23.3 Å². The van der Waals surface area contributed by atoms with Gasteiger partial charge in [0.05, 0.1) is 22.2 Å². The van der Waals surface area contributed by atoms with Crippen LogP contribution in [0.2, 0.25) is 0 Å². The van der Waals surface area contributed by atoms with Crippen molar-refractivity contribution in [2.75, 3.05) is 12.4 Å². The minimum atomic E-state index is -0.913. The smallest absolute Gasteiger partial charge is 0.318 e. The topological polar surface area (TPSA) is 69.4 Å². The second kappa shape index (κ2) is 6.19. The van der Waals surface area contributed by atoms with Crippen LogP contribution < -0.4 is 0 Å². The average molecular weight is 259 g/mol. The van der Waals surface area contributed by atoms with E-state index in [1.807, 2.05) is 0 Å². The molecule has 0 atom stereocenters. The molecule has 1 rings (SSSR count). The summed E-state index contributed by atoms with van der Waals surface area (Å²) in [7, 11) is 0. The number of rotatable bonds is 5. The fourth-order valence-electron chi connectivity index (χ4n) is 1.13. The summed E-state index contributed by atoms with van der Waals surface area (Å²) in [5.74, 6) is -1.49. The van der Waals surface area contributed by atoms with Crippen molar-refractivity contribution < 1.29 is 18.8 Å². The molecule has 0 heterocycles. The molecule has 92 valence electrons. The number of halogens is 1. The van der Waals surface area contributed by atoms with E-state index in [-0.39, 0.29) is 17.3 Å². The molecule has 0 aromatic heterocycles. The zero-order valence-electron chi connectivity index (χ0n) is 9.01. The first-order valence-corrected chi connectivity index (χ1v) is 5.76. The number of thioether (sulfide) groups is 1. The predicted molar refractivity (Wildman–Crippen MR) is 60.4 cm³/mol. The van der Waals surface area contributed by atoms with E-state index in [0.29, 0.717) is 0 Å². The molecule has 0 bridgehead atoms. The Bertz CT molecular complexity index is 438. The molecule has 0 saturated carbocycles. The van der Waals surface area contributed by atoms with Crippen LogP contribution in [0.5, 0.6) is 0 Å². The van der Waals surface area contributed by atoms with Gasteiger partial charge < -0.3 is 4.74 Å². The Morgan fingerprint density at radius 2 is 2.29 bits per heavy atom. The molecule has 0 N–H and O–H groups in total. The molecular weight excluding hydrogens is 249 g/mol. The number of para-hydroxylation sites is 1. The van der Waals surface area contributed by atoms with Gasteiger partial charge in [0.1, 0.15) is 0 Å². The first-order chi connectivity index (χ1) is 8.06. The van der Waals surface area contributed by atoms with Crippen LogP contribution in [0.25, 0.3) is 0 Å². The fraction of sp³-hybridized carbons (Fsp3) is 0.300. The third-order valence-corrected chi connectivity index (χ3v) is 2.80. The first kappa shape index (κ1) is 13.4. The molecule has 1 aromatic carbocycles. The lowest BCUT2D eigenvalue weighted by Crippen LogP contribution is -2.07. The van der Waals surface area contributed by atoms with Crippen LogP contribution in [0.3, 0.4) is 0 Å². The van der Waals surface area contributed by atoms with Gasteiger partial charge in [-0.3, -0.25) is 14.9 Å². The minimum Gasteiger partial charge on any atom is -0.465 e. The van der Waals surface area contributed by atoms with E-state index in [4.69, 9.17) is 0 Å². The lowest BCUT2D eigenvalue weighted by molar-refractivity contribution is -0.390. The Kier molecular flexibility index (Phi) is 4.89. The number of carbonyl (C=O) groups is 1. The summed E-state index contributed by atoms with van der Waals surface area (Å²) in [6.45, 7) is 1.90. The van der Waals surface area contributed by atoms with E-state index in [9.17, 15) is 19.3 Å². The van der Waals surface area contributed by atoms with Crippen molar-refractivity contribution in [2.45, 2.75) is 11.8 Å². The quantitative estimate of drug-likeness (QED) is 0.351. The Balaban J connectivity index is 2.81. The summed E-state index contributed by atoms with van der Waals surface area (Å²) >= 11 is 0.881. The third kappa shape index (κ3) is 3.70. The van der Waals surface area contributed by atoms with Crippen LogP contribution in [0.15, 0.2) is 23.1 Å². The molecular formula is C10H10FNO4S. The van der Waals surface area contributed by atoms with E-state index in [0.717, 1.165) is 17.8 Å². The molecule has 17 heavy (non-hydrogen) atoms. The van der Waals surface area contributed by atoms with Crippen LogP contribution in [0.4, 0.5) is 10.1 Å². The van der Waals surface area contributed by atoms with E-state index in [2.05, 4.69) is 4.74 Å². The van der Waals surface area contributed by atoms with E-state index < -0.39 is 22.4 Å². The van der Waals surface area contributed by atoms with Crippen LogP contribution in [0.1, 0.15) is 6.92 Å². The molecule has 5 nitrogen and oxygen atoms in total. The molecule has 0 saturated heterocycles. The number of nitro groups is 1. The molecule has 0 radical (unpaired) electrons. The highest BCUT2D eigenvalue weighted by Gasteiger charge is 2.20. The van der Waals surface area contributed by atoms with Crippen molar-refractivity contribution in [2.24, 2.45) is 0 Å². The van der Waals surface area contributed by atoms with E-state index in [1.54, 1.807) is 6.92 Å². The molecule has 0 fully saturated rings. The molecule has 0 spiro atoms. The Labute approximate surface area is 101 Å². The normalized spacial score (nSPS) is 10.0. The van der Waals surface area contributed by atoms with E-state index >= 15 is 0 Å². The maximum atomic E-state index is 13.2. The summed E-state index contributed by atoms with van der Waals surface area (Å²) < 4.78 is 17.9. The third-order valence-electron chi connectivity index (χ3n) is 1.78. The summed E-state index contributed by atoms with van der Waals surface area (Å²) in [5, 5.41) is 10.6. The number of carbonyl (C=O) groups excluding carboxylic acids is 1. The molecule has 0 aliphatic rings. The van der Waals surface area contributed by atoms with Crippen molar-refractivity contribution in [3.05, 3.63) is 34.1 Å². The van der Waals surface area contributed by atoms with Crippen LogP contribution >= 0.6 is 11.8 Å². The zero-order valence-corrected chi connectivity index (χ0v) is 9.83. The van der Waals surface area contributed by atoms with Crippen molar-refractivity contribution in [3.63, 3.8) is 0 Å². The van der Waals surface area contributed by atoms with Gasteiger partial charge >= 0.3 is 11.7 Å². The van der Waals surface area contributed by atoms with Crippen molar-refractivity contribution in [3.8, 4) is 0 Å². The van der Waals surface area contributed by atoms with Gasteiger partial charge in [0.25, 0.3) is 0 Å². The van der Waals surface area contributed by atoms with Gasteiger partial charge in [0.2, 0.25) is 5.82 Å². The van der Waals surface area contributed by atoms with Gasteiger partial charge in [0, 0.05) is 0 Å². The van der Waals surface area contributed by atoms with Gasteiger partial charge in [-0.1, -0.05) is 6.07 Å². The van der Waals surface area contributed by atoms with Gasteiger partial charge in [-0.15, -0.1) is 11.8 Å². The first-order valence-electron chi connectivity index (χ1n) is 4.77. The number of benzene rings is 1. The molecule has 0 aliphatic heterocycles. The van der Waals surface area contributed by atoms with Crippen molar-refractivity contribution in [1.82, 2.24) is 0 Å². The number of nitrogens with zero attached hydrogens (tertiary/aromatic N) is 1. The Morgan fingerprint density at radius 3 is 2.88 bits per heavy atom. The SMILES string of the molecule is CCOC(=O)CSc1cccc(F)c1[N+](=O)[O-]. The largest absolute Gasteiger partial charge is 0.465 e. The maximum Gasteiger partial charge on any atom is 0.318 e. The highest BCUT2D eigenvalue weighted by atomic mass is 32.2. The summed E-state index contributed by atoms with van der Waals surface area (Å²) in [4.78, 5) is 21.0. The average Bonchev–Trinajstić information content (AvgIpc) is 2.26. The monoisotopic (exact) mass is 259 g/mol. The second-order valence-corrected chi connectivity index (χ2v) is 3.95. The van der Waals surface area contributed by atoms with Gasteiger partial charge in [-0.05, 0) is 19.1 Å². The van der Waals surface area contributed by atoms with Crippen molar-refractivity contribution >= 4 is 23.4 Å². The van der Waals surface area contributed by atoms with E-state index in [1.165, 1.54) is 12.1 Å². The number of hydrogen-bond donors (Lipinski definition) is 0. The number of esters is 1. The molecule has 0 unspecified atom stereocenters. The number of ether oxygens (including phenoxy) is 1. The lowest BCUT2D eigenvalue weighted by atomic mass is 10.3. The highest BCUT2D eigenvalue weighted by Crippen LogP contribution is 2.31. The maximum absolute atomic E-state index is 13.2. The van der Waals surface area contributed by atoms with Gasteiger partial charge in [-0.25, -0.2) is 0 Å². The molecule has 1 aromatic rings. The predicted octanol–water partition coefficient (Wildman–Crippen LogP) is 2.39. The van der Waals surface area contributed by atoms with Gasteiger partial charge in [-0.2, -0.15) is 4.39 Å². The molecule has 0 aliphatic carbocycles. The molecule has 7 heteroatoms. The van der Waals surface area contributed by atoms with Gasteiger partial charge in [0.15, 0.2) is 0 Å². The summed E-state index contributed by atoms with van der Waals surface area (Å²) in [6, 6.07) is 3.76. The number of nitro benzene ring substituents is 1. The highest BCUT2D eigenvalue weighted by molar-refractivity contribution is 8.00. The molecule has 0 amide bonds. The standard InChI is InChI=1S/C10H10FNO4S/c1-2-16-9(13)6-17-8-5-3-4-7(11)10(8)12(14)15/h3-5H,2,6H2,1H3. The van der Waals surface area contributed by atoms with Crippen molar-refractivity contribution in [1.29, 1.82) is 0 Å². The fourth-order valence-corrected chi connectivity index (χ4v) is 1.97. The summed E-state index contributed by atoms with van der Waals surface area (Å²) in [5.41, 5.74) is -0.609. The zero-order chi connectivity index (χ0) is 12.8. The Morgan fingerprint density at radius 1 is 1.59 bits per heavy atom.